The average molecular weight is 284 g/mol. The van der Waals surface area contributed by atoms with Crippen molar-refractivity contribution in [2.75, 3.05) is 0 Å². The predicted octanol–water partition coefficient (Wildman–Crippen LogP) is 2.69. The van der Waals surface area contributed by atoms with Gasteiger partial charge in [0.1, 0.15) is 22.1 Å². The zero-order valence-electron chi connectivity index (χ0n) is 11.3. The van der Waals surface area contributed by atoms with Gasteiger partial charge in [-0.15, -0.1) is 0 Å². The molecule has 5 rings (SSSR count). The standard InChI is InChI=1S/C18H8N2O2/c21-17-11-7-3-1-5-9(11)13-15(17)20-14-10-6-2-4-8-12(10)18(22)16(14)19-13/h1-8H. The van der Waals surface area contributed by atoms with E-state index in [0.29, 0.717) is 32.8 Å². The van der Waals surface area contributed by atoms with Crippen LogP contribution < -0.4 is 10.9 Å². The van der Waals surface area contributed by atoms with Gasteiger partial charge in [0.15, 0.2) is 0 Å². The Morgan fingerprint density at radius 2 is 0.864 bits per heavy atom. The highest BCUT2D eigenvalue weighted by atomic mass is 16.1. The average Bonchev–Trinajstić information content (AvgIpc) is 3.01. The molecular weight excluding hydrogens is 276 g/mol. The summed E-state index contributed by atoms with van der Waals surface area (Å²) < 4.78 is 0. The highest BCUT2D eigenvalue weighted by Gasteiger charge is 2.18. The lowest BCUT2D eigenvalue weighted by atomic mass is 10.2. The van der Waals surface area contributed by atoms with Crippen molar-refractivity contribution < 1.29 is 0 Å². The van der Waals surface area contributed by atoms with Gasteiger partial charge >= 0.3 is 0 Å². The van der Waals surface area contributed by atoms with Crippen LogP contribution in [-0.4, -0.2) is 9.97 Å². The van der Waals surface area contributed by atoms with Crippen LogP contribution in [0.15, 0.2) is 58.1 Å². The first-order valence-corrected chi connectivity index (χ1v) is 6.96. The highest BCUT2D eigenvalue weighted by molar-refractivity contribution is 6.14. The lowest BCUT2D eigenvalue weighted by molar-refractivity contribution is 1.43. The number of hydrogen-bond acceptors (Lipinski definition) is 4. The molecule has 4 aromatic carbocycles. The highest BCUT2D eigenvalue weighted by Crippen LogP contribution is 2.26. The Labute approximate surface area is 123 Å². The minimum Gasteiger partial charge on any atom is -0.287 e. The topological polar surface area (TPSA) is 59.9 Å². The van der Waals surface area contributed by atoms with Gasteiger partial charge in [-0.25, -0.2) is 9.97 Å². The molecule has 0 N–H and O–H groups in total. The molecule has 0 radical (unpaired) electrons. The third-order valence-electron chi connectivity index (χ3n) is 4.18. The normalized spacial score (nSPS) is 12.0. The molecule has 0 saturated heterocycles. The SMILES string of the molecule is O=c1c2ccccc2c2nc3c(=O)c4ccccc4c3nc12. The van der Waals surface area contributed by atoms with Crippen molar-refractivity contribution in [3.8, 4) is 0 Å². The van der Waals surface area contributed by atoms with Crippen LogP contribution in [0.3, 0.4) is 0 Å². The molecule has 22 heavy (non-hydrogen) atoms. The molecule has 4 heteroatoms. The van der Waals surface area contributed by atoms with E-state index in [2.05, 4.69) is 9.97 Å². The van der Waals surface area contributed by atoms with Gasteiger partial charge in [0, 0.05) is 21.5 Å². The number of aromatic nitrogens is 2. The van der Waals surface area contributed by atoms with Crippen molar-refractivity contribution in [3.05, 3.63) is 69.0 Å². The molecule has 0 aliphatic rings. The number of nitrogens with zero attached hydrogens (tertiary/aromatic N) is 2. The summed E-state index contributed by atoms with van der Waals surface area (Å²) in [6, 6.07) is 14.6. The van der Waals surface area contributed by atoms with Crippen LogP contribution in [0.25, 0.3) is 43.6 Å². The lowest BCUT2D eigenvalue weighted by Gasteiger charge is -1.92. The van der Waals surface area contributed by atoms with Gasteiger partial charge in [-0.1, -0.05) is 48.5 Å². The maximum atomic E-state index is 12.5. The Morgan fingerprint density at radius 3 is 1.27 bits per heavy atom. The zero-order valence-corrected chi connectivity index (χ0v) is 11.3. The Bertz CT molecular complexity index is 1210. The van der Waals surface area contributed by atoms with Gasteiger partial charge in [0.05, 0.1) is 0 Å². The number of benzene rings is 2. The van der Waals surface area contributed by atoms with E-state index in [1.807, 2.05) is 36.4 Å². The van der Waals surface area contributed by atoms with Gasteiger partial charge in [-0.3, -0.25) is 9.59 Å². The Hall–Kier alpha value is -3.14. The van der Waals surface area contributed by atoms with Gasteiger partial charge in [-0.2, -0.15) is 0 Å². The van der Waals surface area contributed by atoms with Crippen molar-refractivity contribution in [3.63, 3.8) is 0 Å². The lowest BCUT2D eigenvalue weighted by Crippen LogP contribution is -1.99. The molecule has 0 aliphatic heterocycles. The fourth-order valence-electron chi connectivity index (χ4n) is 3.16. The molecular formula is C18H8N2O2. The second-order valence-electron chi connectivity index (χ2n) is 5.37. The minimum atomic E-state index is -0.127. The maximum Gasteiger partial charge on any atom is 0.214 e. The van der Waals surface area contributed by atoms with E-state index < -0.39 is 0 Å². The largest absolute Gasteiger partial charge is 0.287 e. The molecule has 0 amide bonds. The fourth-order valence-corrected chi connectivity index (χ4v) is 3.16. The summed E-state index contributed by atoms with van der Waals surface area (Å²) in [5.41, 5.74) is 1.45. The third kappa shape index (κ3) is 1.22. The summed E-state index contributed by atoms with van der Waals surface area (Å²) in [5.74, 6) is 0. The maximum absolute atomic E-state index is 12.5. The van der Waals surface area contributed by atoms with Crippen LogP contribution >= 0.6 is 0 Å². The van der Waals surface area contributed by atoms with E-state index in [0.717, 1.165) is 10.8 Å². The quantitative estimate of drug-likeness (QED) is 0.438. The minimum absolute atomic E-state index is 0.127. The molecule has 4 nitrogen and oxygen atoms in total. The van der Waals surface area contributed by atoms with E-state index in [-0.39, 0.29) is 10.9 Å². The molecule has 5 aromatic rings. The molecule has 102 valence electrons. The first kappa shape index (κ1) is 11.5. The molecule has 0 fully saturated rings. The summed E-state index contributed by atoms with van der Waals surface area (Å²) in [7, 11) is 0. The molecule has 0 spiro atoms. The van der Waals surface area contributed by atoms with E-state index in [1.54, 1.807) is 12.1 Å². The predicted molar refractivity (Wildman–Crippen MR) is 87.0 cm³/mol. The fraction of sp³-hybridized carbons (Fsp3) is 0. The molecule has 0 unspecified atom stereocenters. The number of hydrogen-bond donors (Lipinski definition) is 0. The summed E-state index contributed by atoms with van der Waals surface area (Å²) in [6.45, 7) is 0. The van der Waals surface area contributed by atoms with Gasteiger partial charge in [0.25, 0.3) is 0 Å². The zero-order chi connectivity index (χ0) is 14.8. The second-order valence-corrected chi connectivity index (χ2v) is 5.37. The van der Waals surface area contributed by atoms with Gasteiger partial charge in [-0.05, 0) is 0 Å². The van der Waals surface area contributed by atoms with Crippen LogP contribution in [0.4, 0.5) is 0 Å². The van der Waals surface area contributed by atoms with Crippen LogP contribution in [0, 0.1) is 0 Å². The van der Waals surface area contributed by atoms with Gasteiger partial charge in [0.2, 0.25) is 10.9 Å². The first-order valence-electron chi connectivity index (χ1n) is 6.96. The number of rotatable bonds is 0. The third-order valence-corrected chi connectivity index (χ3v) is 4.18. The van der Waals surface area contributed by atoms with Crippen LogP contribution in [0.2, 0.25) is 0 Å². The van der Waals surface area contributed by atoms with Crippen LogP contribution in [0.1, 0.15) is 0 Å². The van der Waals surface area contributed by atoms with Crippen molar-refractivity contribution in [2.24, 2.45) is 0 Å². The molecule has 0 saturated carbocycles. The Morgan fingerprint density at radius 1 is 0.500 bits per heavy atom. The molecule has 0 bridgehead atoms. The van der Waals surface area contributed by atoms with E-state index in [1.165, 1.54) is 0 Å². The van der Waals surface area contributed by atoms with E-state index >= 15 is 0 Å². The monoisotopic (exact) mass is 284 g/mol. The van der Waals surface area contributed by atoms with Gasteiger partial charge < -0.3 is 0 Å². The Kier molecular flexibility index (Phi) is 1.96. The van der Waals surface area contributed by atoms with Crippen molar-refractivity contribution >= 4 is 43.6 Å². The second kappa shape index (κ2) is 3.74. The molecule has 0 aliphatic carbocycles. The Balaban J connectivity index is 2.16. The molecule has 1 aromatic heterocycles. The van der Waals surface area contributed by atoms with E-state index in [9.17, 15) is 9.59 Å². The smallest absolute Gasteiger partial charge is 0.214 e. The van der Waals surface area contributed by atoms with E-state index in [4.69, 9.17) is 0 Å². The summed E-state index contributed by atoms with van der Waals surface area (Å²) in [5, 5.41) is 2.70. The van der Waals surface area contributed by atoms with Crippen molar-refractivity contribution in [2.45, 2.75) is 0 Å². The van der Waals surface area contributed by atoms with Crippen LogP contribution in [-0.2, 0) is 0 Å². The summed E-state index contributed by atoms with van der Waals surface area (Å²) in [4.78, 5) is 34.0. The summed E-state index contributed by atoms with van der Waals surface area (Å²) in [6.07, 6.45) is 0. The number of fused-ring (bicyclic) bond motifs is 6. The van der Waals surface area contributed by atoms with Crippen molar-refractivity contribution in [1.29, 1.82) is 0 Å². The molecule has 1 heterocycles. The summed E-state index contributed by atoms with van der Waals surface area (Å²) >= 11 is 0. The van der Waals surface area contributed by atoms with Crippen LogP contribution in [0.5, 0.6) is 0 Å². The molecule has 0 atom stereocenters. The first-order chi connectivity index (χ1) is 10.8. The van der Waals surface area contributed by atoms with Crippen molar-refractivity contribution in [1.82, 2.24) is 9.97 Å².